The van der Waals surface area contributed by atoms with E-state index in [9.17, 15) is 19.7 Å². The van der Waals surface area contributed by atoms with E-state index in [2.05, 4.69) is 0 Å². The molecule has 2 aromatic carbocycles. The minimum atomic E-state index is -1.22. The summed E-state index contributed by atoms with van der Waals surface area (Å²) in [5.74, 6) is -0.717. The molecular formula is C21H13NO5. The van der Waals surface area contributed by atoms with Crippen molar-refractivity contribution in [3.05, 3.63) is 100 Å². The second-order valence-corrected chi connectivity index (χ2v) is 6.17. The minimum Gasteiger partial charge on any atom is -0.442 e. The van der Waals surface area contributed by atoms with Gasteiger partial charge >= 0.3 is 5.97 Å². The summed E-state index contributed by atoms with van der Waals surface area (Å²) in [5.41, 5.74) is 0.929. The maximum atomic E-state index is 12.7. The third-order valence-corrected chi connectivity index (χ3v) is 4.53. The van der Waals surface area contributed by atoms with Crippen molar-refractivity contribution in [1.29, 1.82) is 0 Å². The van der Waals surface area contributed by atoms with E-state index in [1.54, 1.807) is 36.4 Å². The fourth-order valence-corrected chi connectivity index (χ4v) is 3.30. The average molecular weight is 359 g/mol. The number of benzene rings is 2. The summed E-state index contributed by atoms with van der Waals surface area (Å²) in [4.78, 5) is 34.8. The van der Waals surface area contributed by atoms with Crippen LogP contribution in [-0.2, 0) is 14.3 Å². The molecule has 1 heterocycles. The number of esters is 1. The molecule has 0 bridgehead atoms. The Labute approximate surface area is 154 Å². The highest BCUT2D eigenvalue weighted by atomic mass is 16.6. The Balaban J connectivity index is 1.96. The van der Waals surface area contributed by atoms with E-state index in [-0.39, 0.29) is 11.5 Å². The number of nitro benzene ring substituents is 1. The number of non-ortho nitro benzene ring substituents is 1. The topological polar surface area (TPSA) is 86.5 Å². The van der Waals surface area contributed by atoms with Crippen LogP contribution in [0.4, 0.5) is 5.69 Å². The van der Waals surface area contributed by atoms with Gasteiger partial charge in [-0.15, -0.1) is 0 Å². The lowest BCUT2D eigenvalue weighted by Gasteiger charge is -2.26. The van der Waals surface area contributed by atoms with Gasteiger partial charge in [0.15, 0.2) is 11.4 Å². The number of carbonyl (C=O) groups is 2. The zero-order valence-electron chi connectivity index (χ0n) is 14.0. The Morgan fingerprint density at radius 3 is 2.07 bits per heavy atom. The Morgan fingerprint density at radius 1 is 0.852 bits per heavy atom. The molecule has 0 amide bonds. The first-order chi connectivity index (χ1) is 13.0. The number of carbonyl (C=O) groups excluding carboxylic acids is 2. The van der Waals surface area contributed by atoms with Crippen molar-refractivity contribution in [3.63, 3.8) is 0 Å². The minimum absolute atomic E-state index is 0.0511. The Morgan fingerprint density at radius 2 is 1.48 bits per heavy atom. The summed E-state index contributed by atoms with van der Waals surface area (Å²) >= 11 is 0. The third kappa shape index (κ3) is 2.77. The summed E-state index contributed by atoms with van der Waals surface area (Å²) in [7, 11) is 0. The molecule has 1 spiro atoms. The van der Waals surface area contributed by atoms with Crippen LogP contribution in [0.15, 0.2) is 78.9 Å². The number of allylic oxidation sites excluding steroid dienone is 2. The SMILES string of the molecule is O=C1C=CC2(C=C1)OC(=O)C(c1ccccc1)=C2c1ccc([N+](=O)[O-])cc1. The van der Waals surface area contributed by atoms with Crippen molar-refractivity contribution in [2.24, 2.45) is 0 Å². The Hall–Kier alpha value is -3.80. The highest BCUT2D eigenvalue weighted by Crippen LogP contribution is 2.46. The van der Waals surface area contributed by atoms with Crippen LogP contribution < -0.4 is 0 Å². The predicted octanol–water partition coefficient (Wildman–Crippen LogP) is 3.50. The largest absolute Gasteiger partial charge is 0.442 e. The molecular weight excluding hydrogens is 346 g/mol. The lowest BCUT2D eigenvalue weighted by Crippen LogP contribution is -2.28. The maximum absolute atomic E-state index is 12.7. The van der Waals surface area contributed by atoms with Gasteiger partial charge in [-0.1, -0.05) is 30.3 Å². The summed E-state index contributed by atoms with van der Waals surface area (Å²) in [5, 5.41) is 11.0. The molecule has 0 atom stereocenters. The molecule has 27 heavy (non-hydrogen) atoms. The number of ether oxygens (including phenoxy) is 1. The lowest BCUT2D eigenvalue weighted by molar-refractivity contribution is -0.384. The van der Waals surface area contributed by atoms with Crippen LogP contribution >= 0.6 is 0 Å². The second-order valence-electron chi connectivity index (χ2n) is 6.17. The first-order valence-corrected chi connectivity index (χ1v) is 8.21. The van der Waals surface area contributed by atoms with Crippen molar-refractivity contribution in [1.82, 2.24) is 0 Å². The van der Waals surface area contributed by atoms with Crippen LogP contribution in [0.2, 0.25) is 0 Å². The summed E-state index contributed by atoms with van der Waals surface area (Å²) < 4.78 is 5.68. The molecule has 0 N–H and O–H groups in total. The molecule has 1 aliphatic carbocycles. The number of ketones is 1. The van der Waals surface area contributed by atoms with Crippen LogP contribution in [0.25, 0.3) is 11.1 Å². The van der Waals surface area contributed by atoms with Gasteiger partial charge in [0.25, 0.3) is 5.69 Å². The molecule has 0 unspecified atom stereocenters. The molecule has 0 radical (unpaired) electrons. The first-order valence-electron chi connectivity index (χ1n) is 8.21. The van der Waals surface area contributed by atoms with Gasteiger partial charge in [0.2, 0.25) is 0 Å². The number of nitro groups is 1. The molecule has 2 aromatic rings. The van der Waals surface area contributed by atoms with E-state index in [1.807, 2.05) is 18.2 Å². The number of nitrogens with zero attached hydrogens (tertiary/aromatic N) is 1. The van der Waals surface area contributed by atoms with Crippen molar-refractivity contribution >= 4 is 28.6 Å². The van der Waals surface area contributed by atoms with Crippen molar-refractivity contribution in [2.75, 3.05) is 0 Å². The van der Waals surface area contributed by atoms with Gasteiger partial charge in [-0.3, -0.25) is 14.9 Å². The monoisotopic (exact) mass is 359 g/mol. The fourth-order valence-electron chi connectivity index (χ4n) is 3.30. The van der Waals surface area contributed by atoms with E-state index in [4.69, 9.17) is 4.74 Å². The summed E-state index contributed by atoms with van der Waals surface area (Å²) in [6.45, 7) is 0. The second kappa shape index (κ2) is 6.17. The van der Waals surface area contributed by atoms with Crippen LogP contribution in [0.3, 0.4) is 0 Å². The number of rotatable bonds is 3. The Bertz CT molecular complexity index is 1030. The first kappa shape index (κ1) is 16.7. The van der Waals surface area contributed by atoms with Crippen molar-refractivity contribution in [3.8, 4) is 0 Å². The van der Waals surface area contributed by atoms with Crippen LogP contribution in [0.5, 0.6) is 0 Å². The zero-order valence-corrected chi connectivity index (χ0v) is 14.0. The highest BCUT2D eigenvalue weighted by molar-refractivity contribution is 6.30. The number of hydrogen-bond acceptors (Lipinski definition) is 5. The summed E-state index contributed by atoms with van der Waals surface area (Å²) in [6, 6.07) is 15.0. The quantitative estimate of drug-likeness (QED) is 0.476. The van der Waals surface area contributed by atoms with Gasteiger partial charge in [-0.05, 0) is 47.6 Å². The summed E-state index contributed by atoms with van der Waals surface area (Å²) in [6.07, 6.45) is 5.79. The molecule has 1 aliphatic heterocycles. The third-order valence-electron chi connectivity index (χ3n) is 4.53. The molecule has 6 nitrogen and oxygen atoms in total. The van der Waals surface area contributed by atoms with Crippen molar-refractivity contribution < 1.29 is 19.2 Å². The van der Waals surface area contributed by atoms with Crippen LogP contribution in [-0.4, -0.2) is 22.3 Å². The Kier molecular flexibility index (Phi) is 3.81. The molecule has 4 rings (SSSR count). The van der Waals surface area contributed by atoms with Gasteiger partial charge in [0.05, 0.1) is 10.5 Å². The zero-order chi connectivity index (χ0) is 19.0. The maximum Gasteiger partial charge on any atom is 0.340 e. The van der Waals surface area contributed by atoms with Gasteiger partial charge < -0.3 is 4.74 Å². The molecule has 132 valence electrons. The number of hydrogen-bond donors (Lipinski definition) is 0. The molecule has 6 heteroatoms. The van der Waals surface area contributed by atoms with Crippen LogP contribution in [0.1, 0.15) is 11.1 Å². The van der Waals surface area contributed by atoms with Gasteiger partial charge in [0.1, 0.15) is 0 Å². The van der Waals surface area contributed by atoms with Gasteiger partial charge in [-0.25, -0.2) is 4.79 Å². The van der Waals surface area contributed by atoms with Crippen LogP contribution in [0, 0.1) is 10.1 Å². The van der Waals surface area contributed by atoms with E-state index in [1.165, 1.54) is 24.3 Å². The highest BCUT2D eigenvalue weighted by Gasteiger charge is 2.46. The fraction of sp³-hybridized carbons (Fsp3) is 0.0476. The van der Waals surface area contributed by atoms with E-state index >= 15 is 0 Å². The molecule has 0 fully saturated rings. The van der Waals surface area contributed by atoms with E-state index < -0.39 is 16.5 Å². The molecule has 0 aromatic heterocycles. The molecule has 2 aliphatic rings. The lowest BCUT2D eigenvalue weighted by atomic mass is 9.82. The van der Waals surface area contributed by atoms with E-state index in [0.29, 0.717) is 22.3 Å². The van der Waals surface area contributed by atoms with Gasteiger partial charge in [-0.2, -0.15) is 0 Å². The predicted molar refractivity (Wildman–Crippen MR) is 98.5 cm³/mol. The standard InChI is InChI=1S/C21H13NO5/c23-17-10-12-21(13-11-17)19(15-6-8-16(9-7-15)22(25)26)18(20(24)27-21)14-4-2-1-3-5-14/h1-13H. The van der Waals surface area contributed by atoms with E-state index in [0.717, 1.165) is 0 Å². The average Bonchev–Trinajstić information content (AvgIpc) is 2.97. The molecule has 0 saturated carbocycles. The normalized spacial score (nSPS) is 17.5. The smallest absolute Gasteiger partial charge is 0.340 e. The van der Waals surface area contributed by atoms with Crippen molar-refractivity contribution in [2.45, 2.75) is 5.60 Å². The molecule has 0 saturated heterocycles. The van der Waals surface area contributed by atoms with Gasteiger partial charge in [0, 0.05) is 17.7 Å².